The topological polar surface area (TPSA) is 87.0 Å². The van der Waals surface area contributed by atoms with Crippen molar-refractivity contribution in [1.29, 1.82) is 0 Å². The number of hydrogen-bond acceptors (Lipinski definition) is 7. The summed E-state index contributed by atoms with van der Waals surface area (Å²) in [5.41, 5.74) is 8.56. The fraction of sp³-hybridized carbons (Fsp3) is 0.583. The first-order chi connectivity index (χ1) is 16.4. The van der Waals surface area contributed by atoms with Crippen molar-refractivity contribution in [3.63, 3.8) is 0 Å². The van der Waals surface area contributed by atoms with E-state index in [0.29, 0.717) is 29.2 Å². The Morgan fingerprint density at radius 1 is 1.34 bits per heavy atom. The zero-order valence-corrected chi connectivity index (χ0v) is 25.0. The molecule has 2 aromatic rings. The molecule has 8 nitrogen and oxygen atoms in total. The predicted molar refractivity (Wildman–Crippen MR) is 154 cm³/mol. The van der Waals surface area contributed by atoms with Crippen molar-refractivity contribution in [2.45, 2.75) is 50.9 Å². The van der Waals surface area contributed by atoms with Crippen LogP contribution in [0.5, 0.6) is 0 Å². The lowest BCUT2D eigenvalue weighted by molar-refractivity contribution is 0.0239. The molecular weight excluding hydrogens is 647 g/mol. The van der Waals surface area contributed by atoms with Gasteiger partial charge in [-0.15, -0.1) is 0 Å². The number of rotatable bonds is 4. The number of fused-ring (bicyclic) bond motifs is 2. The number of halogens is 3. The highest BCUT2D eigenvalue weighted by Crippen LogP contribution is 2.48. The molecular formula is C24H31BrClIN6O2. The number of nitrogen functional groups attached to an aromatic ring is 1. The van der Waals surface area contributed by atoms with Crippen molar-refractivity contribution in [3.8, 4) is 0 Å². The van der Waals surface area contributed by atoms with E-state index in [9.17, 15) is 4.79 Å². The van der Waals surface area contributed by atoms with E-state index >= 15 is 0 Å². The van der Waals surface area contributed by atoms with E-state index < -0.39 is 5.60 Å². The number of hydrogen-bond donors (Lipinski definition) is 2. The van der Waals surface area contributed by atoms with Gasteiger partial charge in [0, 0.05) is 40.6 Å². The van der Waals surface area contributed by atoms with E-state index in [1.807, 2.05) is 31.7 Å². The van der Waals surface area contributed by atoms with Gasteiger partial charge in [-0.1, -0.05) is 11.6 Å². The van der Waals surface area contributed by atoms with Crippen LogP contribution in [0.4, 0.5) is 22.0 Å². The average Bonchev–Trinajstić information content (AvgIpc) is 3.30. The van der Waals surface area contributed by atoms with E-state index in [2.05, 4.69) is 67.7 Å². The van der Waals surface area contributed by atoms with E-state index in [1.165, 1.54) is 0 Å². The summed E-state index contributed by atoms with van der Waals surface area (Å²) in [6.07, 6.45) is 0.720. The summed E-state index contributed by atoms with van der Waals surface area (Å²) in [6, 6.07) is 2.69. The first-order valence-corrected chi connectivity index (χ1v) is 14.0. The lowest BCUT2D eigenvalue weighted by Crippen LogP contribution is -2.58. The molecule has 190 valence electrons. The molecule has 1 amide bonds. The normalized spacial score (nSPS) is 24.1. The molecule has 2 bridgehead atoms. The number of carbonyl (C=O) groups is 1. The highest BCUT2D eigenvalue weighted by atomic mass is 127. The number of ether oxygens (including phenoxy) is 1. The molecule has 1 aliphatic carbocycles. The minimum Gasteiger partial charge on any atom is -0.444 e. The van der Waals surface area contributed by atoms with Crippen molar-refractivity contribution < 1.29 is 9.53 Å². The van der Waals surface area contributed by atoms with Gasteiger partial charge >= 0.3 is 6.09 Å². The first-order valence-electron chi connectivity index (χ1n) is 11.8. The molecule has 4 aliphatic rings. The first kappa shape index (κ1) is 25.4. The van der Waals surface area contributed by atoms with E-state index in [0.717, 1.165) is 50.0 Å². The van der Waals surface area contributed by atoms with Gasteiger partial charge in [-0.25, -0.2) is 9.78 Å². The van der Waals surface area contributed by atoms with Gasteiger partial charge in [0.1, 0.15) is 5.60 Å². The summed E-state index contributed by atoms with van der Waals surface area (Å²) >= 11 is 12.5. The molecule has 4 fully saturated rings. The van der Waals surface area contributed by atoms with Gasteiger partial charge in [0.15, 0.2) is 5.82 Å². The number of aromatic nitrogens is 1. The molecule has 4 heterocycles. The molecule has 3 N–H and O–H groups in total. The van der Waals surface area contributed by atoms with Gasteiger partial charge in [-0.2, -0.15) is 0 Å². The van der Waals surface area contributed by atoms with Crippen LogP contribution in [0.15, 0.2) is 10.5 Å². The minimum absolute atomic E-state index is 0.0814. The Morgan fingerprint density at radius 3 is 2.66 bits per heavy atom. The Balaban J connectivity index is 1.49. The van der Waals surface area contributed by atoms with Crippen molar-refractivity contribution in [2.24, 2.45) is 5.92 Å². The van der Waals surface area contributed by atoms with Crippen molar-refractivity contribution in [3.05, 3.63) is 19.1 Å². The smallest absolute Gasteiger partial charge is 0.410 e. The molecule has 6 rings (SSSR count). The summed E-state index contributed by atoms with van der Waals surface area (Å²) in [6.45, 7) is 8.11. The van der Waals surface area contributed by atoms with E-state index in [-0.39, 0.29) is 18.2 Å². The third-order valence-corrected chi connectivity index (χ3v) is 9.83. The fourth-order valence-electron chi connectivity index (χ4n) is 5.19. The third kappa shape index (κ3) is 4.42. The number of benzene rings is 1. The molecule has 1 aromatic heterocycles. The molecule has 3 aliphatic heterocycles. The standard InChI is InChI=1S/C24H31BrClIN6O2/c1-24(2,3)35-23(34)33-8-11-6-15(33)19(11)29-21-13-7-14(27)17(26)16(25)20(13)30-22(18(21)28)32-9-12(10-32)31(4)5/h7,11-12,15,19H,6,8-10,28H2,1-5H3,(H,29,30). The number of nitrogens with one attached hydrogen (secondary N) is 1. The van der Waals surface area contributed by atoms with E-state index in [4.69, 9.17) is 27.1 Å². The van der Waals surface area contributed by atoms with Gasteiger partial charge in [-0.3, -0.25) is 0 Å². The molecule has 1 aromatic carbocycles. The van der Waals surface area contributed by atoms with Crippen LogP contribution in [0.25, 0.3) is 10.9 Å². The van der Waals surface area contributed by atoms with Gasteiger partial charge in [0.25, 0.3) is 0 Å². The van der Waals surface area contributed by atoms with Crippen LogP contribution in [0.2, 0.25) is 5.02 Å². The predicted octanol–water partition coefficient (Wildman–Crippen LogP) is 5.01. The summed E-state index contributed by atoms with van der Waals surface area (Å²) in [5.74, 6) is 1.13. The number of anilines is 3. The molecule has 11 heteroatoms. The molecule has 35 heavy (non-hydrogen) atoms. The largest absolute Gasteiger partial charge is 0.444 e. The van der Waals surface area contributed by atoms with Crippen LogP contribution in [0.1, 0.15) is 27.2 Å². The van der Waals surface area contributed by atoms with Crippen LogP contribution in [0, 0.1) is 9.49 Å². The summed E-state index contributed by atoms with van der Waals surface area (Å²) in [7, 11) is 4.18. The number of carbonyl (C=O) groups excluding carboxylic acids is 1. The fourth-order valence-corrected chi connectivity index (χ4v) is 6.80. The van der Waals surface area contributed by atoms with Crippen molar-refractivity contribution in [1.82, 2.24) is 14.8 Å². The summed E-state index contributed by atoms with van der Waals surface area (Å²) in [4.78, 5) is 24.0. The summed E-state index contributed by atoms with van der Waals surface area (Å²) < 4.78 is 7.34. The van der Waals surface area contributed by atoms with Crippen LogP contribution in [0.3, 0.4) is 0 Å². The van der Waals surface area contributed by atoms with Gasteiger partial charge in [0.05, 0.1) is 38.5 Å². The number of nitrogens with two attached hydrogens (primary N) is 1. The average molecular weight is 678 g/mol. The van der Waals surface area contributed by atoms with Crippen LogP contribution in [-0.2, 0) is 4.74 Å². The van der Waals surface area contributed by atoms with Crippen molar-refractivity contribution in [2.75, 3.05) is 49.7 Å². The zero-order valence-electron chi connectivity index (χ0n) is 20.5. The second kappa shape index (κ2) is 8.95. The second-order valence-corrected chi connectivity index (χ2v) is 13.3. The quantitative estimate of drug-likeness (QED) is 0.348. The lowest BCUT2D eigenvalue weighted by Gasteiger charge is -2.44. The zero-order chi connectivity index (χ0) is 25.4. The number of amides is 1. The van der Waals surface area contributed by atoms with E-state index in [1.54, 1.807) is 0 Å². The van der Waals surface area contributed by atoms with Crippen LogP contribution < -0.4 is 16.0 Å². The van der Waals surface area contributed by atoms with Gasteiger partial charge in [0.2, 0.25) is 0 Å². The minimum atomic E-state index is -0.516. The highest BCUT2D eigenvalue weighted by Gasteiger charge is 2.55. The lowest BCUT2D eigenvalue weighted by atomic mass is 9.79. The second-order valence-electron chi connectivity index (χ2n) is 11.0. The number of pyridine rings is 1. The monoisotopic (exact) mass is 676 g/mol. The maximum Gasteiger partial charge on any atom is 0.410 e. The van der Waals surface area contributed by atoms with Gasteiger partial charge in [-0.05, 0) is 85.9 Å². The Hall–Kier alpha value is -1.24. The van der Waals surface area contributed by atoms with Crippen molar-refractivity contribution >= 4 is 84.3 Å². The molecule has 3 unspecified atom stereocenters. The Labute approximate surface area is 233 Å². The Kier molecular flexibility index (Phi) is 6.50. The SMILES string of the molecule is CN(C)C1CN(c2nc3c(Br)c(Cl)c(I)cc3c(NC3C4CC3N(C(=O)OC(C)(C)C)C4)c2N)C1. The van der Waals surface area contributed by atoms with Crippen LogP contribution in [-0.4, -0.2) is 78.3 Å². The molecule has 1 saturated carbocycles. The number of nitrogens with zero attached hydrogens (tertiary/aromatic N) is 4. The molecule has 0 radical (unpaired) electrons. The number of likely N-dealkylation sites (N-methyl/N-ethyl adjacent to an activating group) is 1. The maximum absolute atomic E-state index is 12.8. The summed E-state index contributed by atoms with van der Waals surface area (Å²) in [5, 5.41) is 5.30. The van der Waals surface area contributed by atoms with Gasteiger partial charge < -0.3 is 30.5 Å². The maximum atomic E-state index is 12.8. The highest BCUT2D eigenvalue weighted by molar-refractivity contribution is 14.1. The third-order valence-electron chi connectivity index (χ3n) is 7.26. The van der Waals surface area contributed by atoms with Crippen LogP contribution >= 0.6 is 50.1 Å². The molecule has 0 spiro atoms. The Morgan fingerprint density at radius 2 is 2.03 bits per heavy atom. The molecule has 3 atom stereocenters. The molecule has 3 saturated heterocycles. The Bertz CT molecular complexity index is 1200.